The van der Waals surface area contributed by atoms with Crippen molar-refractivity contribution in [3.63, 3.8) is 0 Å². The number of likely N-dealkylation sites (tertiary alicyclic amines) is 1. The maximum Gasteiger partial charge on any atom is 0.119 e. The Morgan fingerprint density at radius 1 is 0.730 bits per heavy atom. The molecule has 0 atom stereocenters. The zero-order valence-electron chi connectivity index (χ0n) is 22.2. The first kappa shape index (κ1) is 25.1. The van der Waals surface area contributed by atoms with Crippen molar-refractivity contribution in [2.24, 2.45) is 0 Å². The predicted octanol–water partition coefficient (Wildman–Crippen LogP) is 6.95. The molecule has 0 unspecified atom stereocenters. The number of hydrogen-bond donors (Lipinski definition) is 0. The van der Waals surface area contributed by atoms with E-state index < -0.39 is 0 Å². The van der Waals surface area contributed by atoms with Crippen LogP contribution >= 0.6 is 0 Å². The van der Waals surface area contributed by atoms with Crippen molar-refractivity contribution in [3.05, 3.63) is 83.9 Å². The maximum atomic E-state index is 5.38. The van der Waals surface area contributed by atoms with E-state index >= 15 is 0 Å². The molecule has 0 radical (unpaired) electrons. The van der Waals surface area contributed by atoms with Crippen molar-refractivity contribution < 1.29 is 9.47 Å². The molecule has 0 saturated carbocycles. The summed E-state index contributed by atoms with van der Waals surface area (Å²) in [5.74, 6) is 1.67. The highest BCUT2D eigenvalue weighted by Crippen LogP contribution is 2.35. The number of piperidine rings is 1. The minimum absolute atomic E-state index is 0.832. The van der Waals surface area contributed by atoms with E-state index in [4.69, 9.17) is 14.6 Å². The number of methoxy groups -OCH3 is 2. The zero-order valence-corrected chi connectivity index (χ0v) is 22.2. The first-order chi connectivity index (χ1) is 18.2. The third-order valence-corrected chi connectivity index (χ3v) is 7.42. The molecule has 4 aromatic rings. The molecule has 0 aliphatic carbocycles. The molecule has 5 rings (SSSR count). The highest BCUT2D eigenvalue weighted by atomic mass is 16.5. The van der Waals surface area contributed by atoms with E-state index in [1.807, 2.05) is 24.3 Å². The number of ether oxygens (including phenoxy) is 2. The van der Waals surface area contributed by atoms with Crippen molar-refractivity contribution in [3.8, 4) is 39.7 Å². The third kappa shape index (κ3) is 5.72. The van der Waals surface area contributed by atoms with Gasteiger partial charge in [0.25, 0.3) is 0 Å². The average Bonchev–Trinajstić information content (AvgIpc) is 3.31. The highest BCUT2D eigenvalue weighted by Gasteiger charge is 2.19. The Morgan fingerprint density at radius 2 is 1.32 bits per heavy atom. The Labute approximate surface area is 220 Å². The summed E-state index contributed by atoms with van der Waals surface area (Å²) in [6.45, 7) is 5.90. The summed E-state index contributed by atoms with van der Waals surface area (Å²) in [4.78, 5) is 2.62. The van der Waals surface area contributed by atoms with Gasteiger partial charge in [0.05, 0.1) is 31.3 Å². The van der Waals surface area contributed by atoms with Crippen LogP contribution in [0.3, 0.4) is 0 Å². The molecule has 0 bridgehead atoms. The van der Waals surface area contributed by atoms with Crippen molar-refractivity contribution in [2.45, 2.75) is 39.0 Å². The van der Waals surface area contributed by atoms with E-state index in [2.05, 4.69) is 65.0 Å². The number of nitrogens with zero attached hydrogens (tertiary/aromatic N) is 3. The summed E-state index contributed by atoms with van der Waals surface area (Å²) >= 11 is 0. The average molecular weight is 496 g/mol. The Balaban J connectivity index is 1.44. The fourth-order valence-corrected chi connectivity index (χ4v) is 5.29. The van der Waals surface area contributed by atoms with Crippen molar-refractivity contribution in [1.29, 1.82) is 0 Å². The largest absolute Gasteiger partial charge is 0.497 e. The van der Waals surface area contributed by atoms with Gasteiger partial charge >= 0.3 is 0 Å². The molecule has 5 heteroatoms. The van der Waals surface area contributed by atoms with E-state index in [1.54, 1.807) is 14.2 Å². The van der Waals surface area contributed by atoms with Crippen LogP contribution in [0.5, 0.6) is 11.5 Å². The van der Waals surface area contributed by atoms with Gasteiger partial charge in [0.15, 0.2) is 0 Å². The van der Waals surface area contributed by atoms with Gasteiger partial charge in [-0.2, -0.15) is 5.10 Å². The predicted molar refractivity (Wildman–Crippen MR) is 151 cm³/mol. The van der Waals surface area contributed by atoms with Crippen LogP contribution in [0.2, 0.25) is 0 Å². The summed E-state index contributed by atoms with van der Waals surface area (Å²) in [6.07, 6.45) is 6.43. The minimum atomic E-state index is 0.832. The molecule has 2 heterocycles. The quantitative estimate of drug-likeness (QED) is 0.252. The first-order valence-corrected chi connectivity index (χ1v) is 13.4. The van der Waals surface area contributed by atoms with Gasteiger partial charge in [-0.3, -0.25) is 0 Å². The van der Waals surface area contributed by atoms with E-state index in [0.29, 0.717) is 0 Å². The van der Waals surface area contributed by atoms with Gasteiger partial charge in [0.2, 0.25) is 0 Å². The van der Waals surface area contributed by atoms with Crippen LogP contribution in [0.15, 0.2) is 72.8 Å². The SMILES string of the molecule is COc1ccc(-c2nn(-c3ccc(OC)cc3)c(-c3ccc(CCCN4CCCCC4)cc3)c2C)cc1. The maximum absolute atomic E-state index is 5.38. The summed E-state index contributed by atoms with van der Waals surface area (Å²) in [6, 6.07) is 25.2. The summed E-state index contributed by atoms with van der Waals surface area (Å²) < 4.78 is 12.8. The number of hydrogen-bond acceptors (Lipinski definition) is 4. The molecule has 1 aromatic heterocycles. The van der Waals surface area contributed by atoms with Crippen LogP contribution < -0.4 is 9.47 Å². The van der Waals surface area contributed by atoms with Crippen molar-refractivity contribution in [2.75, 3.05) is 33.9 Å². The van der Waals surface area contributed by atoms with E-state index in [-0.39, 0.29) is 0 Å². The molecule has 1 aliphatic heterocycles. The molecular formula is C32H37N3O2. The van der Waals surface area contributed by atoms with Gasteiger partial charge in [0, 0.05) is 16.7 Å². The smallest absolute Gasteiger partial charge is 0.119 e. The van der Waals surface area contributed by atoms with Crippen LogP contribution in [0.25, 0.3) is 28.2 Å². The van der Waals surface area contributed by atoms with Gasteiger partial charge in [-0.15, -0.1) is 0 Å². The van der Waals surface area contributed by atoms with Gasteiger partial charge in [-0.05, 0) is 106 Å². The first-order valence-electron chi connectivity index (χ1n) is 13.4. The third-order valence-electron chi connectivity index (χ3n) is 7.42. The van der Waals surface area contributed by atoms with Crippen molar-refractivity contribution in [1.82, 2.24) is 14.7 Å². The lowest BCUT2D eigenvalue weighted by molar-refractivity contribution is 0.226. The van der Waals surface area contributed by atoms with Crippen LogP contribution in [-0.4, -0.2) is 48.5 Å². The molecule has 1 saturated heterocycles. The molecule has 5 nitrogen and oxygen atoms in total. The van der Waals surface area contributed by atoms with Gasteiger partial charge in [0.1, 0.15) is 11.5 Å². The fraction of sp³-hybridized carbons (Fsp3) is 0.344. The van der Waals surface area contributed by atoms with E-state index in [0.717, 1.165) is 46.1 Å². The lowest BCUT2D eigenvalue weighted by atomic mass is 10.0. The summed E-state index contributed by atoms with van der Waals surface area (Å²) in [7, 11) is 3.38. The topological polar surface area (TPSA) is 39.5 Å². The number of aromatic nitrogens is 2. The number of rotatable bonds is 9. The molecular weight excluding hydrogens is 458 g/mol. The second kappa shape index (κ2) is 11.7. The van der Waals surface area contributed by atoms with Crippen LogP contribution in [0.4, 0.5) is 0 Å². The van der Waals surface area contributed by atoms with Crippen molar-refractivity contribution >= 4 is 0 Å². The summed E-state index contributed by atoms with van der Waals surface area (Å²) in [5, 5.41) is 5.09. The molecule has 0 N–H and O–H groups in total. The van der Waals surface area contributed by atoms with E-state index in [9.17, 15) is 0 Å². The van der Waals surface area contributed by atoms with Gasteiger partial charge in [-0.1, -0.05) is 30.7 Å². The molecule has 1 fully saturated rings. The lowest BCUT2D eigenvalue weighted by Gasteiger charge is -2.26. The number of benzene rings is 3. The second-order valence-corrected chi connectivity index (χ2v) is 9.86. The zero-order chi connectivity index (χ0) is 25.6. The van der Waals surface area contributed by atoms with Gasteiger partial charge < -0.3 is 14.4 Å². The molecule has 37 heavy (non-hydrogen) atoms. The molecule has 192 valence electrons. The number of aryl methyl sites for hydroxylation is 1. The second-order valence-electron chi connectivity index (χ2n) is 9.86. The highest BCUT2D eigenvalue weighted by molar-refractivity contribution is 5.76. The minimum Gasteiger partial charge on any atom is -0.497 e. The monoisotopic (exact) mass is 495 g/mol. The lowest BCUT2D eigenvalue weighted by Crippen LogP contribution is -2.30. The Bertz CT molecular complexity index is 1290. The molecule has 0 spiro atoms. The van der Waals surface area contributed by atoms with Crippen LogP contribution in [-0.2, 0) is 6.42 Å². The van der Waals surface area contributed by atoms with E-state index in [1.165, 1.54) is 56.4 Å². The molecule has 3 aromatic carbocycles. The Hall–Kier alpha value is -3.57. The molecule has 0 amide bonds. The fourth-order valence-electron chi connectivity index (χ4n) is 5.29. The normalized spacial score (nSPS) is 14.0. The summed E-state index contributed by atoms with van der Waals surface area (Å²) in [5.41, 5.74) is 7.86. The van der Waals surface area contributed by atoms with Crippen LogP contribution in [0, 0.1) is 6.92 Å². The Kier molecular flexibility index (Phi) is 7.90. The van der Waals surface area contributed by atoms with Gasteiger partial charge in [-0.25, -0.2) is 4.68 Å². The molecule has 1 aliphatic rings. The Morgan fingerprint density at radius 3 is 1.95 bits per heavy atom. The standard InChI is InChI=1S/C32H37N3O2/c1-24-31(26-13-17-29(36-2)18-14-26)33-35(28-15-19-30(37-3)20-16-28)32(24)27-11-9-25(10-12-27)8-7-23-34-21-5-4-6-22-34/h9-20H,4-8,21-23H2,1-3H3. The van der Waals surface area contributed by atoms with Crippen LogP contribution in [0.1, 0.15) is 36.8 Å².